The number of amides is 1. The van der Waals surface area contributed by atoms with Crippen LogP contribution < -0.4 is 5.32 Å². The van der Waals surface area contributed by atoms with Crippen LogP contribution in [0.25, 0.3) is 0 Å². The van der Waals surface area contributed by atoms with Gasteiger partial charge < -0.3 is 14.8 Å². The predicted octanol–water partition coefficient (Wildman–Crippen LogP) is 0.916. The second-order valence-corrected chi connectivity index (χ2v) is 4.86. The number of carbonyl (C=O) groups is 1. The zero-order valence-corrected chi connectivity index (χ0v) is 12.0. The first kappa shape index (κ1) is 14.3. The van der Waals surface area contributed by atoms with E-state index in [2.05, 4.69) is 10.4 Å². The summed E-state index contributed by atoms with van der Waals surface area (Å²) in [7, 11) is 1.75. The van der Waals surface area contributed by atoms with Crippen molar-refractivity contribution in [3.8, 4) is 0 Å². The Hall–Kier alpha value is -1.11. The molecule has 0 unspecified atom stereocenters. The number of rotatable bonds is 4. The highest BCUT2D eigenvalue weighted by molar-refractivity contribution is 6.34. The Balaban J connectivity index is 2.06. The summed E-state index contributed by atoms with van der Waals surface area (Å²) < 4.78 is 12.4. The fraction of sp³-hybridized carbons (Fsp3) is 0.667. The van der Waals surface area contributed by atoms with E-state index in [1.807, 2.05) is 13.8 Å². The van der Waals surface area contributed by atoms with Crippen molar-refractivity contribution in [1.82, 2.24) is 15.1 Å². The molecule has 1 aliphatic heterocycles. The highest BCUT2D eigenvalue weighted by Crippen LogP contribution is 2.19. The van der Waals surface area contributed by atoms with Gasteiger partial charge in [-0.05, 0) is 13.8 Å². The van der Waals surface area contributed by atoms with Gasteiger partial charge in [-0.3, -0.25) is 9.48 Å². The minimum atomic E-state index is -0.297. The van der Waals surface area contributed by atoms with Crippen molar-refractivity contribution >= 4 is 17.5 Å². The van der Waals surface area contributed by atoms with E-state index in [-0.39, 0.29) is 23.7 Å². The number of halogens is 1. The van der Waals surface area contributed by atoms with E-state index >= 15 is 0 Å². The zero-order valence-electron chi connectivity index (χ0n) is 11.3. The van der Waals surface area contributed by atoms with Crippen LogP contribution in [0.5, 0.6) is 0 Å². The summed E-state index contributed by atoms with van der Waals surface area (Å²) in [5.41, 5.74) is 1.000. The number of carbonyl (C=O) groups excluding carboxylic acids is 1. The molecule has 2 rings (SSSR count). The molecule has 0 aliphatic carbocycles. The molecule has 1 aliphatic rings. The van der Waals surface area contributed by atoms with Gasteiger partial charge in [-0.25, -0.2) is 0 Å². The number of nitrogens with zero attached hydrogens (tertiary/aromatic N) is 2. The Bertz CT molecular complexity index is 475. The lowest BCUT2D eigenvalue weighted by Gasteiger charge is -2.18. The number of hydrogen-bond acceptors (Lipinski definition) is 4. The molecule has 2 atom stereocenters. The van der Waals surface area contributed by atoms with Crippen LogP contribution >= 0.6 is 11.6 Å². The monoisotopic (exact) mass is 287 g/mol. The molecule has 0 bridgehead atoms. The summed E-state index contributed by atoms with van der Waals surface area (Å²) in [5.74, 6) is -0.297. The van der Waals surface area contributed by atoms with E-state index in [1.165, 1.54) is 0 Å². The summed E-state index contributed by atoms with van der Waals surface area (Å²) in [6, 6.07) is -0.161. The molecule has 0 spiro atoms. The average molecular weight is 288 g/mol. The number of ether oxygens (including phenoxy) is 2. The van der Waals surface area contributed by atoms with E-state index < -0.39 is 0 Å². The van der Waals surface area contributed by atoms with E-state index in [0.717, 1.165) is 5.69 Å². The van der Waals surface area contributed by atoms with Crippen molar-refractivity contribution < 1.29 is 14.3 Å². The maximum Gasteiger partial charge on any atom is 0.273 e. The minimum Gasteiger partial charge on any atom is -0.376 e. The molecule has 1 aromatic heterocycles. The van der Waals surface area contributed by atoms with E-state index in [9.17, 15) is 4.79 Å². The Labute approximate surface area is 117 Å². The highest BCUT2D eigenvalue weighted by atomic mass is 35.5. The summed E-state index contributed by atoms with van der Waals surface area (Å²) in [4.78, 5) is 12.2. The second-order valence-electron chi connectivity index (χ2n) is 4.48. The summed E-state index contributed by atoms with van der Waals surface area (Å²) in [5, 5.41) is 7.36. The quantitative estimate of drug-likeness (QED) is 0.894. The highest BCUT2D eigenvalue weighted by Gasteiger charge is 2.31. The molecular formula is C12H18ClN3O3. The molecule has 0 aromatic carbocycles. The van der Waals surface area contributed by atoms with Crippen LogP contribution in [0.3, 0.4) is 0 Å². The molecule has 1 amide bonds. The number of aryl methyl sites for hydroxylation is 1. The maximum atomic E-state index is 12.2. The summed E-state index contributed by atoms with van der Waals surface area (Å²) in [6.07, 6.45) is -0.113. The van der Waals surface area contributed by atoms with Gasteiger partial charge >= 0.3 is 0 Å². The van der Waals surface area contributed by atoms with Crippen LogP contribution in [0.2, 0.25) is 5.02 Å². The van der Waals surface area contributed by atoms with Crippen LogP contribution in [0.4, 0.5) is 0 Å². The van der Waals surface area contributed by atoms with E-state index in [0.29, 0.717) is 24.8 Å². The molecule has 106 valence electrons. The number of aromatic nitrogens is 2. The Morgan fingerprint density at radius 3 is 2.95 bits per heavy atom. The third-order valence-corrected chi connectivity index (χ3v) is 3.65. The molecule has 7 heteroatoms. The van der Waals surface area contributed by atoms with Crippen LogP contribution in [-0.4, -0.2) is 47.7 Å². The third-order valence-electron chi connectivity index (χ3n) is 3.20. The Morgan fingerprint density at radius 1 is 1.63 bits per heavy atom. The Morgan fingerprint density at radius 2 is 2.37 bits per heavy atom. The fourth-order valence-electron chi connectivity index (χ4n) is 2.01. The SMILES string of the molecule is CCO[C@@H]1COC[C@H]1NC(=O)c1nn(C)c(C)c1Cl. The van der Waals surface area contributed by atoms with Crippen molar-refractivity contribution in [2.45, 2.75) is 26.0 Å². The molecule has 1 saturated heterocycles. The lowest BCUT2D eigenvalue weighted by Crippen LogP contribution is -2.44. The standard InChI is InChI=1S/C12H18ClN3O3/c1-4-19-9-6-18-5-8(9)14-12(17)11-10(13)7(2)16(3)15-11/h8-9H,4-6H2,1-3H3,(H,14,17)/t8-,9-/m1/s1. The molecule has 0 radical (unpaired) electrons. The average Bonchev–Trinajstić information content (AvgIpc) is 2.90. The normalized spacial score (nSPS) is 22.7. The number of hydrogen-bond donors (Lipinski definition) is 1. The van der Waals surface area contributed by atoms with Gasteiger partial charge in [0.05, 0.1) is 30.0 Å². The van der Waals surface area contributed by atoms with Crippen LogP contribution in [-0.2, 0) is 16.5 Å². The van der Waals surface area contributed by atoms with Crippen LogP contribution in [0.1, 0.15) is 23.1 Å². The third kappa shape index (κ3) is 2.91. The maximum absolute atomic E-state index is 12.2. The van der Waals surface area contributed by atoms with Gasteiger partial charge in [-0.1, -0.05) is 11.6 Å². The Kier molecular flexibility index (Phi) is 4.44. The molecule has 2 heterocycles. The smallest absolute Gasteiger partial charge is 0.273 e. The minimum absolute atomic E-state index is 0.113. The first-order chi connectivity index (χ1) is 9.04. The van der Waals surface area contributed by atoms with Gasteiger partial charge in [0.2, 0.25) is 0 Å². The topological polar surface area (TPSA) is 65.4 Å². The van der Waals surface area contributed by atoms with Crippen molar-refractivity contribution in [3.63, 3.8) is 0 Å². The van der Waals surface area contributed by atoms with Gasteiger partial charge in [-0.2, -0.15) is 5.10 Å². The largest absolute Gasteiger partial charge is 0.376 e. The molecule has 1 N–H and O–H groups in total. The lowest BCUT2D eigenvalue weighted by molar-refractivity contribution is 0.0402. The first-order valence-electron chi connectivity index (χ1n) is 6.23. The molecule has 6 nitrogen and oxygen atoms in total. The molecule has 0 saturated carbocycles. The van der Waals surface area contributed by atoms with E-state index in [1.54, 1.807) is 11.7 Å². The van der Waals surface area contributed by atoms with Gasteiger partial charge in [0, 0.05) is 13.7 Å². The van der Waals surface area contributed by atoms with Crippen LogP contribution in [0.15, 0.2) is 0 Å². The lowest BCUT2D eigenvalue weighted by atomic mass is 10.2. The predicted molar refractivity (Wildman–Crippen MR) is 70.4 cm³/mol. The van der Waals surface area contributed by atoms with Crippen molar-refractivity contribution in [2.75, 3.05) is 19.8 Å². The van der Waals surface area contributed by atoms with Crippen molar-refractivity contribution in [1.29, 1.82) is 0 Å². The van der Waals surface area contributed by atoms with Gasteiger partial charge in [0.25, 0.3) is 5.91 Å². The molecule has 1 fully saturated rings. The first-order valence-corrected chi connectivity index (χ1v) is 6.61. The molecule has 1 aromatic rings. The van der Waals surface area contributed by atoms with Crippen LogP contribution in [0, 0.1) is 6.92 Å². The summed E-state index contributed by atoms with van der Waals surface area (Å²) >= 11 is 6.09. The number of nitrogens with one attached hydrogen (secondary N) is 1. The fourth-order valence-corrected chi connectivity index (χ4v) is 2.26. The molecule has 19 heavy (non-hydrogen) atoms. The molecular weight excluding hydrogens is 270 g/mol. The second kappa shape index (κ2) is 5.90. The van der Waals surface area contributed by atoms with Crippen molar-refractivity contribution in [2.24, 2.45) is 7.05 Å². The zero-order chi connectivity index (χ0) is 14.0. The van der Waals surface area contributed by atoms with Crippen molar-refractivity contribution in [3.05, 3.63) is 16.4 Å². The summed E-state index contributed by atoms with van der Waals surface area (Å²) in [6.45, 7) is 5.25. The van der Waals surface area contributed by atoms with Gasteiger partial charge in [0.1, 0.15) is 6.10 Å². The van der Waals surface area contributed by atoms with Gasteiger partial charge in [0.15, 0.2) is 5.69 Å². The van der Waals surface area contributed by atoms with Gasteiger partial charge in [-0.15, -0.1) is 0 Å². The van der Waals surface area contributed by atoms with E-state index in [4.69, 9.17) is 21.1 Å².